The second-order valence-electron chi connectivity index (χ2n) is 6.81. The fourth-order valence-corrected chi connectivity index (χ4v) is 2.84. The van der Waals surface area contributed by atoms with Crippen molar-refractivity contribution in [3.63, 3.8) is 0 Å². The molecule has 2 aromatic carbocycles. The van der Waals surface area contributed by atoms with Gasteiger partial charge in [-0.1, -0.05) is 44.4 Å². The Kier molecular flexibility index (Phi) is 8.78. The second kappa shape index (κ2) is 11.6. The quantitative estimate of drug-likeness (QED) is 0.329. The largest absolute Gasteiger partial charge is 0.493 e. The van der Waals surface area contributed by atoms with E-state index in [1.807, 2.05) is 31.2 Å². The highest BCUT2D eigenvalue weighted by Gasteiger charge is 2.11. The number of nitrogens with one attached hydrogen (secondary N) is 1. The summed E-state index contributed by atoms with van der Waals surface area (Å²) in [5, 5.41) is 12.2. The zero-order valence-electron chi connectivity index (χ0n) is 17.3. The maximum Gasteiger partial charge on any atom is 0.266 e. The average molecular weight is 392 g/mol. The zero-order valence-corrected chi connectivity index (χ0v) is 17.3. The van der Waals surface area contributed by atoms with Crippen LogP contribution in [0.1, 0.15) is 43.7 Å². The number of carbonyl (C=O) groups is 1. The highest BCUT2D eigenvalue weighted by Crippen LogP contribution is 2.29. The summed E-state index contributed by atoms with van der Waals surface area (Å²) in [5.74, 6) is 0.780. The predicted molar refractivity (Wildman–Crippen MR) is 116 cm³/mol. The molecule has 0 radical (unpaired) electrons. The highest BCUT2D eigenvalue weighted by atomic mass is 16.5. The Morgan fingerprint density at radius 3 is 2.66 bits per heavy atom. The summed E-state index contributed by atoms with van der Waals surface area (Å²) in [6.07, 6.45) is 6.06. The number of rotatable bonds is 10. The van der Waals surface area contributed by atoms with E-state index in [0.29, 0.717) is 29.4 Å². The number of hydrogen-bond donors (Lipinski definition) is 1. The van der Waals surface area contributed by atoms with Crippen LogP contribution in [-0.2, 0) is 4.79 Å². The van der Waals surface area contributed by atoms with E-state index in [-0.39, 0.29) is 5.57 Å². The molecule has 0 heterocycles. The topological polar surface area (TPSA) is 71.3 Å². The lowest BCUT2D eigenvalue weighted by Gasteiger charge is -2.11. The van der Waals surface area contributed by atoms with Crippen molar-refractivity contribution in [2.24, 2.45) is 0 Å². The lowest BCUT2D eigenvalue weighted by Crippen LogP contribution is -2.13. The fraction of sp³-hybridized carbons (Fsp3) is 0.333. The van der Waals surface area contributed by atoms with Crippen LogP contribution in [-0.4, -0.2) is 19.6 Å². The fourth-order valence-electron chi connectivity index (χ4n) is 2.84. The Morgan fingerprint density at radius 2 is 1.97 bits per heavy atom. The molecule has 2 aromatic rings. The van der Waals surface area contributed by atoms with Crippen LogP contribution in [0.2, 0.25) is 0 Å². The Labute approximate surface area is 173 Å². The summed E-state index contributed by atoms with van der Waals surface area (Å²) in [6, 6.07) is 14.8. The van der Waals surface area contributed by atoms with Crippen molar-refractivity contribution in [1.29, 1.82) is 5.26 Å². The Hall–Kier alpha value is -3.26. The zero-order chi connectivity index (χ0) is 21.1. The van der Waals surface area contributed by atoms with Crippen LogP contribution < -0.4 is 14.8 Å². The van der Waals surface area contributed by atoms with Crippen LogP contribution in [0.3, 0.4) is 0 Å². The number of anilines is 1. The van der Waals surface area contributed by atoms with E-state index in [1.165, 1.54) is 12.8 Å². The van der Waals surface area contributed by atoms with Gasteiger partial charge in [0.05, 0.1) is 13.7 Å². The van der Waals surface area contributed by atoms with Gasteiger partial charge in [-0.05, 0) is 54.8 Å². The molecule has 29 heavy (non-hydrogen) atoms. The number of nitriles is 1. The number of methoxy groups -OCH3 is 1. The van der Waals surface area contributed by atoms with Crippen molar-refractivity contribution in [3.8, 4) is 17.6 Å². The first-order valence-electron chi connectivity index (χ1n) is 9.88. The smallest absolute Gasteiger partial charge is 0.266 e. The van der Waals surface area contributed by atoms with Gasteiger partial charge in [0.25, 0.3) is 5.91 Å². The molecule has 1 N–H and O–H groups in total. The van der Waals surface area contributed by atoms with Gasteiger partial charge in [0.15, 0.2) is 11.5 Å². The van der Waals surface area contributed by atoms with Crippen molar-refractivity contribution in [2.75, 3.05) is 19.0 Å². The summed E-state index contributed by atoms with van der Waals surface area (Å²) in [6.45, 7) is 4.75. The molecule has 0 aliphatic rings. The third-order valence-corrected chi connectivity index (χ3v) is 4.40. The number of carbonyl (C=O) groups excluding carboxylic acids is 1. The van der Waals surface area contributed by atoms with Crippen molar-refractivity contribution >= 4 is 17.7 Å². The SMILES string of the molecule is CCCCCCOc1ccc(C=C(C#N)C(=O)Nc2cccc(C)c2)cc1OC. The van der Waals surface area contributed by atoms with Crippen molar-refractivity contribution in [3.05, 3.63) is 59.2 Å². The lowest BCUT2D eigenvalue weighted by atomic mass is 10.1. The molecule has 0 bridgehead atoms. The molecule has 152 valence electrons. The van der Waals surface area contributed by atoms with Gasteiger partial charge in [0.2, 0.25) is 0 Å². The Balaban J connectivity index is 2.09. The van der Waals surface area contributed by atoms with E-state index in [1.54, 1.807) is 37.5 Å². The Bertz CT molecular complexity index is 897. The van der Waals surface area contributed by atoms with E-state index in [4.69, 9.17) is 9.47 Å². The number of aryl methyl sites for hydroxylation is 1. The molecule has 0 saturated carbocycles. The van der Waals surface area contributed by atoms with Crippen LogP contribution in [0.5, 0.6) is 11.5 Å². The third-order valence-electron chi connectivity index (χ3n) is 4.40. The van der Waals surface area contributed by atoms with E-state index in [9.17, 15) is 10.1 Å². The van der Waals surface area contributed by atoms with Crippen molar-refractivity contribution in [1.82, 2.24) is 0 Å². The lowest BCUT2D eigenvalue weighted by molar-refractivity contribution is -0.112. The first kappa shape index (κ1) is 22.0. The molecule has 0 spiro atoms. The molecule has 0 unspecified atom stereocenters. The molecule has 0 atom stereocenters. The van der Waals surface area contributed by atoms with Gasteiger partial charge >= 0.3 is 0 Å². The van der Waals surface area contributed by atoms with Gasteiger partial charge in [-0.3, -0.25) is 4.79 Å². The van der Waals surface area contributed by atoms with Gasteiger partial charge in [-0.15, -0.1) is 0 Å². The maximum absolute atomic E-state index is 12.5. The van der Waals surface area contributed by atoms with Gasteiger partial charge in [-0.25, -0.2) is 0 Å². The molecular weight excluding hydrogens is 364 g/mol. The molecular formula is C24H28N2O3. The number of nitrogens with zero attached hydrogens (tertiary/aromatic N) is 1. The van der Waals surface area contributed by atoms with Crippen molar-refractivity contribution in [2.45, 2.75) is 39.5 Å². The molecule has 5 heteroatoms. The normalized spacial score (nSPS) is 10.9. The number of unbranched alkanes of at least 4 members (excludes halogenated alkanes) is 3. The molecule has 0 aliphatic carbocycles. The summed E-state index contributed by atoms with van der Waals surface area (Å²) in [4.78, 5) is 12.5. The van der Waals surface area contributed by atoms with Crippen LogP contribution in [0.25, 0.3) is 6.08 Å². The number of ether oxygens (including phenoxy) is 2. The van der Waals surface area contributed by atoms with Crippen LogP contribution in [0, 0.1) is 18.3 Å². The van der Waals surface area contributed by atoms with Gasteiger partial charge in [0.1, 0.15) is 11.6 Å². The van der Waals surface area contributed by atoms with E-state index in [0.717, 1.165) is 18.4 Å². The van der Waals surface area contributed by atoms with E-state index in [2.05, 4.69) is 12.2 Å². The number of benzene rings is 2. The first-order chi connectivity index (χ1) is 14.1. The van der Waals surface area contributed by atoms with Gasteiger partial charge in [-0.2, -0.15) is 5.26 Å². The van der Waals surface area contributed by atoms with Gasteiger partial charge < -0.3 is 14.8 Å². The maximum atomic E-state index is 12.5. The third kappa shape index (κ3) is 7.00. The predicted octanol–water partition coefficient (Wildman–Crippen LogP) is 5.51. The second-order valence-corrected chi connectivity index (χ2v) is 6.81. The minimum Gasteiger partial charge on any atom is -0.493 e. The minimum atomic E-state index is -0.451. The monoisotopic (exact) mass is 392 g/mol. The standard InChI is InChI=1S/C24H28N2O3/c1-4-5-6-7-13-29-22-12-11-19(16-23(22)28-3)15-20(17-25)24(27)26-21-10-8-9-18(2)14-21/h8-12,14-16H,4-7,13H2,1-3H3,(H,26,27). The molecule has 0 fully saturated rings. The summed E-state index contributed by atoms with van der Waals surface area (Å²) in [5.41, 5.74) is 2.39. The first-order valence-corrected chi connectivity index (χ1v) is 9.88. The minimum absolute atomic E-state index is 0.0155. The van der Waals surface area contributed by atoms with E-state index < -0.39 is 5.91 Å². The van der Waals surface area contributed by atoms with E-state index >= 15 is 0 Å². The molecule has 0 saturated heterocycles. The summed E-state index contributed by atoms with van der Waals surface area (Å²) >= 11 is 0. The molecule has 1 amide bonds. The molecule has 5 nitrogen and oxygen atoms in total. The number of hydrogen-bond acceptors (Lipinski definition) is 4. The summed E-state index contributed by atoms with van der Waals surface area (Å²) in [7, 11) is 1.57. The molecule has 0 aromatic heterocycles. The van der Waals surface area contributed by atoms with Crippen molar-refractivity contribution < 1.29 is 14.3 Å². The highest BCUT2D eigenvalue weighted by molar-refractivity contribution is 6.09. The number of amides is 1. The van der Waals surface area contributed by atoms with Gasteiger partial charge in [0, 0.05) is 5.69 Å². The molecule has 2 rings (SSSR count). The summed E-state index contributed by atoms with van der Waals surface area (Å²) < 4.78 is 11.2. The van der Waals surface area contributed by atoms with Crippen LogP contribution in [0.15, 0.2) is 48.0 Å². The van der Waals surface area contributed by atoms with Crippen LogP contribution >= 0.6 is 0 Å². The molecule has 0 aliphatic heterocycles. The average Bonchev–Trinajstić information content (AvgIpc) is 2.72. The van der Waals surface area contributed by atoms with Crippen LogP contribution in [0.4, 0.5) is 5.69 Å². The Morgan fingerprint density at radius 1 is 1.14 bits per heavy atom.